The Hall–Kier alpha value is -1.60. The Bertz CT molecular complexity index is 652. The van der Waals surface area contributed by atoms with Crippen LogP contribution < -0.4 is 10.6 Å². The molecule has 1 aliphatic heterocycles. The van der Waals surface area contributed by atoms with Crippen molar-refractivity contribution in [1.29, 1.82) is 0 Å². The van der Waals surface area contributed by atoms with E-state index in [2.05, 4.69) is 20.1 Å². The lowest BCUT2D eigenvalue weighted by Gasteiger charge is -2.35. The molecule has 0 saturated carbocycles. The highest BCUT2D eigenvalue weighted by atomic mass is 35.5. The van der Waals surface area contributed by atoms with E-state index in [9.17, 15) is 4.79 Å². The highest BCUT2D eigenvalue weighted by molar-refractivity contribution is 6.18. The number of alkyl halides is 1. The number of fused-ring (bicyclic) bond motifs is 1. The Balaban J connectivity index is 2.07. The van der Waals surface area contributed by atoms with E-state index in [1.165, 1.54) is 4.40 Å². The van der Waals surface area contributed by atoms with Crippen LogP contribution in [0.5, 0.6) is 0 Å². The molecule has 0 spiro atoms. The van der Waals surface area contributed by atoms with Gasteiger partial charge in [0, 0.05) is 18.5 Å². The van der Waals surface area contributed by atoms with Gasteiger partial charge < -0.3 is 9.64 Å². The lowest BCUT2D eigenvalue weighted by Crippen LogP contribution is -2.47. The fourth-order valence-electron chi connectivity index (χ4n) is 2.31. The molecule has 19 heavy (non-hydrogen) atoms. The molecule has 0 bridgehead atoms. The van der Waals surface area contributed by atoms with E-state index >= 15 is 0 Å². The molecule has 7 nitrogen and oxygen atoms in total. The van der Waals surface area contributed by atoms with Gasteiger partial charge >= 0.3 is 5.69 Å². The van der Waals surface area contributed by atoms with Crippen LogP contribution in [0.4, 0.5) is 5.82 Å². The first-order valence-corrected chi connectivity index (χ1v) is 6.59. The lowest BCUT2D eigenvalue weighted by molar-refractivity contribution is 0.0993. The van der Waals surface area contributed by atoms with Gasteiger partial charge in [0.25, 0.3) is 0 Å². The summed E-state index contributed by atoms with van der Waals surface area (Å²) in [6.07, 6.45) is 0. The Kier molecular flexibility index (Phi) is 3.16. The highest BCUT2D eigenvalue weighted by Crippen LogP contribution is 2.19. The second-order valence-electron chi connectivity index (χ2n) is 4.46. The molecule has 3 rings (SSSR count). The number of ether oxygens (including phenoxy) is 1. The molecule has 0 amide bonds. The highest BCUT2D eigenvalue weighted by Gasteiger charge is 2.24. The standard InChI is InChI=1S/C11H14ClN5O2/c1-7-13-9(4-10-14-15-11(18)17(7)10)16-2-3-19-6-8(16)5-12/h4,8H,2-3,5-6H2,1H3,(H,15,18). The Morgan fingerprint density at radius 2 is 2.47 bits per heavy atom. The number of halogens is 1. The number of anilines is 1. The van der Waals surface area contributed by atoms with E-state index in [-0.39, 0.29) is 11.7 Å². The van der Waals surface area contributed by atoms with E-state index in [4.69, 9.17) is 16.3 Å². The number of H-pyrrole nitrogens is 1. The third-order valence-electron chi connectivity index (χ3n) is 3.26. The first kappa shape index (κ1) is 12.4. The second kappa shape index (κ2) is 4.82. The molecule has 0 aromatic carbocycles. The largest absolute Gasteiger partial charge is 0.377 e. The van der Waals surface area contributed by atoms with Gasteiger partial charge in [-0.15, -0.1) is 11.6 Å². The first-order chi connectivity index (χ1) is 9.20. The Morgan fingerprint density at radius 1 is 1.63 bits per heavy atom. The summed E-state index contributed by atoms with van der Waals surface area (Å²) >= 11 is 5.96. The van der Waals surface area contributed by atoms with E-state index in [0.29, 0.717) is 30.6 Å². The smallest absolute Gasteiger partial charge is 0.349 e. The molecule has 102 valence electrons. The predicted molar refractivity (Wildman–Crippen MR) is 71.0 cm³/mol. The fraction of sp³-hybridized carbons (Fsp3) is 0.545. The molecule has 1 atom stereocenters. The number of aryl methyl sites for hydroxylation is 1. The SMILES string of the molecule is Cc1nc(N2CCOCC2CCl)cc2n[nH]c(=O)n12. The summed E-state index contributed by atoms with van der Waals surface area (Å²) < 4.78 is 6.86. The molecule has 1 unspecified atom stereocenters. The first-order valence-electron chi connectivity index (χ1n) is 6.06. The Labute approximate surface area is 114 Å². The van der Waals surface area contributed by atoms with Crippen LogP contribution >= 0.6 is 11.6 Å². The molecule has 1 saturated heterocycles. The molecule has 0 radical (unpaired) electrons. The summed E-state index contributed by atoms with van der Waals surface area (Å²) in [5.74, 6) is 1.85. The number of aromatic nitrogens is 4. The molecule has 1 fully saturated rings. The van der Waals surface area contributed by atoms with Crippen molar-refractivity contribution in [2.75, 3.05) is 30.5 Å². The number of hydrogen-bond donors (Lipinski definition) is 1. The third-order valence-corrected chi connectivity index (χ3v) is 3.61. The van der Waals surface area contributed by atoms with Gasteiger partial charge in [0.2, 0.25) is 0 Å². The predicted octanol–water partition coefficient (Wildman–Crippen LogP) is 0.170. The molecule has 2 aromatic heterocycles. The molecular weight excluding hydrogens is 270 g/mol. The van der Waals surface area contributed by atoms with Crippen LogP contribution in [-0.2, 0) is 4.74 Å². The van der Waals surface area contributed by atoms with Crippen molar-refractivity contribution in [1.82, 2.24) is 19.6 Å². The summed E-state index contributed by atoms with van der Waals surface area (Å²) in [4.78, 5) is 18.1. The molecule has 0 aliphatic carbocycles. The van der Waals surface area contributed by atoms with Crippen molar-refractivity contribution in [2.45, 2.75) is 13.0 Å². The van der Waals surface area contributed by atoms with Crippen molar-refractivity contribution in [3.8, 4) is 0 Å². The third kappa shape index (κ3) is 2.08. The minimum atomic E-state index is -0.276. The van der Waals surface area contributed by atoms with E-state index in [1.807, 2.05) is 0 Å². The van der Waals surface area contributed by atoms with Gasteiger partial charge in [-0.25, -0.2) is 19.3 Å². The lowest BCUT2D eigenvalue weighted by atomic mass is 10.2. The van der Waals surface area contributed by atoms with Crippen molar-refractivity contribution < 1.29 is 4.74 Å². The monoisotopic (exact) mass is 283 g/mol. The second-order valence-corrected chi connectivity index (χ2v) is 4.77. The number of nitrogens with one attached hydrogen (secondary N) is 1. The number of morpholine rings is 1. The number of nitrogens with zero attached hydrogens (tertiary/aromatic N) is 4. The van der Waals surface area contributed by atoms with Gasteiger partial charge in [-0.1, -0.05) is 0 Å². The summed E-state index contributed by atoms with van der Waals surface area (Å²) in [5.41, 5.74) is 0.287. The van der Waals surface area contributed by atoms with Gasteiger partial charge in [0.05, 0.1) is 19.3 Å². The Morgan fingerprint density at radius 3 is 3.26 bits per heavy atom. The zero-order valence-corrected chi connectivity index (χ0v) is 11.2. The normalized spacial score (nSPS) is 20.1. The maximum atomic E-state index is 11.6. The maximum absolute atomic E-state index is 11.6. The summed E-state index contributed by atoms with van der Waals surface area (Å²) in [7, 11) is 0. The van der Waals surface area contributed by atoms with Crippen LogP contribution in [0, 0.1) is 6.92 Å². The van der Waals surface area contributed by atoms with Gasteiger partial charge in [-0.05, 0) is 6.92 Å². The maximum Gasteiger partial charge on any atom is 0.349 e. The van der Waals surface area contributed by atoms with Gasteiger partial charge in [-0.3, -0.25) is 0 Å². The van der Waals surface area contributed by atoms with Crippen LogP contribution in [0.15, 0.2) is 10.9 Å². The van der Waals surface area contributed by atoms with E-state index in [1.54, 1.807) is 13.0 Å². The van der Waals surface area contributed by atoms with E-state index < -0.39 is 0 Å². The summed E-state index contributed by atoms with van der Waals surface area (Å²) in [6, 6.07) is 1.88. The van der Waals surface area contributed by atoms with Crippen molar-refractivity contribution >= 4 is 23.1 Å². The minimum absolute atomic E-state index is 0.0930. The molecule has 3 heterocycles. The number of aromatic amines is 1. The van der Waals surface area contributed by atoms with Crippen molar-refractivity contribution in [2.24, 2.45) is 0 Å². The van der Waals surface area contributed by atoms with Crippen LogP contribution in [0.2, 0.25) is 0 Å². The zero-order chi connectivity index (χ0) is 13.4. The van der Waals surface area contributed by atoms with Crippen LogP contribution in [0.25, 0.3) is 5.65 Å². The summed E-state index contributed by atoms with van der Waals surface area (Å²) in [5, 5.41) is 6.40. The molecule has 2 aromatic rings. The zero-order valence-electron chi connectivity index (χ0n) is 10.5. The minimum Gasteiger partial charge on any atom is -0.377 e. The van der Waals surface area contributed by atoms with Gasteiger partial charge in [0.15, 0.2) is 5.65 Å². The quantitative estimate of drug-likeness (QED) is 0.795. The fourth-order valence-corrected chi connectivity index (χ4v) is 2.57. The van der Waals surface area contributed by atoms with Gasteiger partial charge in [0.1, 0.15) is 11.6 Å². The molecule has 1 aliphatic rings. The molecule has 8 heteroatoms. The average molecular weight is 284 g/mol. The summed E-state index contributed by atoms with van der Waals surface area (Å²) in [6.45, 7) is 3.74. The number of rotatable bonds is 2. The topological polar surface area (TPSA) is 75.5 Å². The van der Waals surface area contributed by atoms with Gasteiger partial charge in [-0.2, -0.15) is 5.10 Å². The average Bonchev–Trinajstić information content (AvgIpc) is 2.80. The number of hydrogen-bond acceptors (Lipinski definition) is 5. The van der Waals surface area contributed by atoms with Crippen molar-refractivity contribution in [3.63, 3.8) is 0 Å². The van der Waals surface area contributed by atoms with E-state index in [0.717, 1.165) is 12.4 Å². The van der Waals surface area contributed by atoms with Crippen molar-refractivity contribution in [3.05, 3.63) is 22.4 Å². The molecular formula is C11H14ClN5O2. The van der Waals surface area contributed by atoms with Crippen LogP contribution in [0.3, 0.4) is 0 Å². The van der Waals surface area contributed by atoms with Crippen LogP contribution in [0.1, 0.15) is 5.82 Å². The molecule has 1 N–H and O–H groups in total. The van der Waals surface area contributed by atoms with Crippen LogP contribution in [-0.4, -0.2) is 51.3 Å².